The molecule has 2 aromatic carbocycles. The van der Waals surface area contributed by atoms with Crippen molar-refractivity contribution >= 4 is 25.2 Å². The highest BCUT2D eigenvalue weighted by molar-refractivity contribution is 6.62. The maximum absolute atomic E-state index is 10.3. The molecule has 0 radical (unpaired) electrons. The Morgan fingerprint density at radius 1 is 0.569 bits per heavy atom. The minimum atomic E-state index is -0.987. The zero-order valence-corrected chi connectivity index (χ0v) is 32.0. The second-order valence-electron chi connectivity index (χ2n) is 16.8. The van der Waals surface area contributed by atoms with E-state index in [1.54, 1.807) is 33.9 Å². The number of aliphatic hydroxyl groups is 2. The summed E-state index contributed by atoms with van der Waals surface area (Å²) in [4.78, 5) is 8.95. The van der Waals surface area contributed by atoms with E-state index >= 15 is 0 Å². The second kappa shape index (κ2) is 12.9. The van der Waals surface area contributed by atoms with E-state index in [1.807, 2.05) is 42.6 Å². The number of aryl methyl sites for hydroxylation is 1. The molecule has 2 unspecified atom stereocenters. The maximum Gasteiger partial charge on any atom is 0.494 e. The van der Waals surface area contributed by atoms with Crippen molar-refractivity contribution in [3.05, 3.63) is 96.1 Å². The van der Waals surface area contributed by atoms with Crippen molar-refractivity contribution in [2.24, 2.45) is 0 Å². The fraction of sp³-hybridized carbons (Fsp3) is 0.463. The highest BCUT2D eigenvalue weighted by Gasteiger charge is 2.58. The molecule has 0 amide bonds. The van der Waals surface area contributed by atoms with Gasteiger partial charge in [0.1, 0.15) is 11.2 Å². The normalized spacial score (nSPS) is 23.2. The average molecular weight is 690 g/mol. The van der Waals surface area contributed by atoms with Gasteiger partial charge in [0.25, 0.3) is 0 Å². The van der Waals surface area contributed by atoms with Gasteiger partial charge in [0.05, 0.1) is 33.8 Å². The summed E-state index contributed by atoms with van der Waals surface area (Å²) >= 11 is 0. The lowest BCUT2D eigenvalue weighted by Crippen LogP contribution is -2.50. The summed E-state index contributed by atoms with van der Waals surface area (Å²) in [6, 6.07) is 22.2. The molecule has 2 N–H and O–H groups in total. The monoisotopic (exact) mass is 690 g/mol. The van der Waals surface area contributed by atoms with Crippen molar-refractivity contribution in [3.8, 4) is 22.3 Å². The molecule has 2 aliphatic rings. The number of hydrogen-bond donors (Lipinski definition) is 2. The van der Waals surface area contributed by atoms with Gasteiger partial charge in [-0.2, -0.15) is 0 Å². The second-order valence-corrected chi connectivity index (χ2v) is 16.8. The predicted molar refractivity (Wildman–Crippen MR) is 204 cm³/mol. The number of rotatable bonds is 9. The van der Waals surface area contributed by atoms with E-state index in [1.165, 1.54) is 0 Å². The third-order valence-electron chi connectivity index (χ3n) is 11.3. The van der Waals surface area contributed by atoms with Gasteiger partial charge in [-0.1, -0.05) is 54.6 Å². The Morgan fingerprint density at radius 3 is 1.43 bits per heavy atom. The van der Waals surface area contributed by atoms with Crippen molar-refractivity contribution < 1.29 is 28.8 Å². The first-order chi connectivity index (χ1) is 23.6. The van der Waals surface area contributed by atoms with E-state index in [-0.39, 0.29) is 0 Å². The van der Waals surface area contributed by atoms with Crippen molar-refractivity contribution in [2.45, 2.75) is 123 Å². The molecule has 2 saturated heterocycles. The van der Waals surface area contributed by atoms with Crippen LogP contribution in [0.5, 0.6) is 0 Å². The third kappa shape index (κ3) is 7.32. The Kier molecular flexibility index (Phi) is 9.48. The summed E-state index contributed by atoms with van der Waals surface area (Å²) in [6.07, 6.45) is 5.01. The first-order valence-corrected chi connectivity index (χ1v) is 17.9. The molecule has 4 heterocycles. The number of hydrogen-bond acceptors (Lipinski definition) is 8. The van der Waals surface area contributed by atoms with Crippen LogP contribution in [0.25, 0.3) is 22.3 Å². The molecule has 2 atom stereocenters. The SMILES string of the molecule is Cc1cc(B2OC(C)(C)C(C)(CCC3(C)OB(c4ccc(-c5ccc(C(C)(C)O)nc5)cc4)OC3(C)C)O2)ccc1-c1ccc(C(C)(C)O)nc1. The lowest BCUT2D eigenvalue weighted by atomic mass is 9.76. The van der Waals surface area contributed by atoms with E-state index in [0.29, 0.717) is 24.2 Å². The van der Waals surface area contributed by atoms with Crippen molar-refractivity contribution in [2.75, 3.05) is 0 Å². The van der Waals surface area contributed by atoms with Gasteiger partial charge >= 0.3 is 14.2 Å². The number of benzene rings is 2. The van der Waals surface area contributed by atoms with Gasteiger partial charge in [0.15, 0.2) is 0 Å². The summed E-state index contributed by atoms with van der Waals surface area (Å²) in [6.45, 7) is 21.7. The number of pyridine rings is 2. The summed E-state index contributed by atoms with van der Waals surface area (Å²) in [7, 11) is -1.02. The van der Waals surface area contributed by atoms with Crippen LogP contribution >= 0.6 is 0 Å². The molecular formula is C41H52B2N2O6. The average Bonchev–Trinajstić information content (AvgIpc) is 3.45. The number of nitrogens with zero attached hydrogens (tertiary/aromatic N) is 2. The standard InChI is InChI=1S/C41H52B2N2O6/c1-27-24-32(18-19-33(27)30-15-21-35(45-26-30)37(4,5)47)43-49-39(8,9)41(11,51-43)23-22-40(10)38(6,7)48-42(50-40)31-16-12-28(13-17-31)29-14-20-34(44-25-29)36(2,3)46/h12-21,24-26,46-47H,22-23H2,1-11H3. The molecule has 8 nitrogen and oxygen atoms in total. The van der Waals surface area contributed by atoms with Gasteiger partial charge in [0, 0.05) is 23.5 Å². The lowest BCUT2D eigenvalue weighted by molar-refractivity contribution is -0.0576. The van der Waals surface area contributed by atoms with Crippen LogP contribution in [-0.2, 0) is 29.8 Å². The quantitative estimate of drug-likeness (QED) is 0.189. The highest BCUT2D eigenvalue weighted by Crippen LogP contribution is 2.46. The van der Waals surface area contributed by atoms with Crippen LogP contribution in [0, 0.1) is 6.92 Å². The molecule has 2 aliphatic heterocycles. The van der Waals surface area contributed by atoms with Crippen LogP contribution in [0.3, 0.4) is 0 Å². The summed E-state index contributed by atoms with van der Waals surface area (Å²) < 4.78 is 26.7. The van der Waals surface area contributed by atoms with Gasteiger partial charge in [-0.3, -0.25) is 9.97 Å². The van der Waals surface area contributed by atoms with E-state index in [0.717, 1.165) is 38.7 Å². The molecule has 268 valence electrons. The molecule has 0 bridgehead atoms. The fourth-order valence-electron chi connectivity index (χ4n) is 6.89. The van der Waals surface area contributed by atoms with Crippen molar-refractivity contribution in [1.29, 1.82) is 0 Å². The number of aromatic nitrogens is 2. The molecule has 2 aromatic heterocycles. The molecular weight excluding hydrogens is 638 g/mol. The van der Waals surface area contributed by atoms with E-state index < -0.39 is 47.8 Å². The lowest BCUT2D eigenvalue weighted by Gasteiger charge is -2.42. The maximum atomic E-state index is 10.3. The van der Waals surface area contributed by atoms with E-state index in [9.17, 15) is 10.2 Å². The van der Waals surface area contributed by atoms with Gasteiger partial charge < -0.3 is 28.8 Å². The largest absolute Gasteiger partial charge is 0.494 e. The molecule has 51 heavy (non-hydrogen) atoms. The molecule has 0 saturated carbocycles. The molecule has 10 heteroatoms. The fourth-order valence-corrected chi connectivity index (χ4v) is 6.89. The van der Waals surface area contributed by atoms with E-state index in [2.05, 4.69) is 88.8 Å². The first-order valence-electron chi connectivity index (χ1n) is 17.9. The van der Waals surface area contributed by atoms with Crippen LogP contribution in [0.1, 0.15) is 99.0 Å². The topological polar surface area (TPSA) is 103 Å². The summed E-state index contributed by atoms with van der Waals surface area (Å²) in [5, 5.41) is 20.6. The summed E-state index contributed by atoms with van der Waals surface area (Å²) in [5.74, 6) is 0. The minimum absolute atomic E-state index is 0.507. The summed E-state index contributed by atoms with van der Waals surface area (Å²) in [5.41, 5.74) is 4.09. The van der Waals surface area contributed by atoms with Gasteiger partial charge in [-0.05, 0) is 129 Å². The zero-order chi connectivity index (χ0) is 37.2. The van der Waals surface area contributed by atoms with Gasteiger partial charge in [-0.25, -0.2) is 0 Å². The Balaban J connectivity index is 1.13. The van der Waals surface area contributed by atoms with Crippen LogP contribution in [-0.4, -0.2) is 56.8 Å². The highest BCUT2D eigenvalue weighted by atomic mass is 16.7. The minimum Gasteiger partial charge on any atom is -0.399 e. The van der Waals surface area contributed by atoms with Gasteiger partial charge in [0.2, 0.25) is 0 Å². The molecule has 0 aliphatic carbocycles. The zero-order valence-electron chi connectivity index (χ0n) is 32.0. The van der Waals surface area contributed by atoms with Crippen LogP contribution in [0.2, 0.25) is 0 Å². The Bertz CT molecular complexity index is 1870. The Labute approximate surface area is 304 Å². The van der Waals surface area contributed by atoms with Crippen molar-refractivity contribution in [3.63, 3.8) is 0 Å². The van der Waals surface area contributed by atoms with Gasteiger partial charge in [-0.15, -0.1) is 0 Å². The van der Waals surface area contributed by atoms with Crippen LogP contribution in [0.4, 0.5) is 0 Å². The predicted octanol–water partition coefficient (Wildman–Crippen LogP) is 6.61. The first kappa shape index (κ1) is 37.4. The van der Waals surface area contributed by atoms with Crippen LogP contribution in [0.15, 0.2) is 79.1 Å². The smallest absolute Gasteiger partial charge is 0.399 e. The third-order valence-corrected chi connectivity index (χ3v) is 11.3. The molecule has 6 rings (SSSR count). The Hall–Kier alpha value is -3.37. The van der Waals surface area contributed by atoms with E-state index in [4.69, 9.17) is 18.6 Å². The molecule has 0 spiro atoms. The van der Waals surface area contributed by atoms with Crippen LogP contribution < -0.4 is 10.9 Å². The Morgan fingerprint density at radius 2 is 1.00 bits per heavy atom. The molecule has 4 aromatic rings. The van der Waals surface area contributed by atoms with Crippen molar-refractivity contribution in [1.82, 2.24) is 9.97 Å². The molecule has 2 fully saturated rings.